The van der Waals surface area contributed by atoms with Gasteiger partial charge in [0.1, 0.15) is 5.82 Å². The molecule has 0 radical (unpaired) electrons. The number of nitrogens with zero attached hydrogens (tertiary/aromatic N) is 3. The van der Waals surface area contributed by atoms with Crippen molar-refractivity contribution in [1.82, 2.24) is 20.1 Å². The second-order valence-corrected chi connectivity index (χ2v) is 9.84. The fourth-order valence-electron chi connectivity index (χ4n) is 3.23. The van der Waals surface area contributed by atoms with E-state index in [1.165, 1.54) is 0 Å². The molecule has 0 saturated heterocycles. The number of amides is 2. The fraction of sp³-hybridized carbons (Fsp3) is 0.304. The second-order valence-electron chi connectivity index (χ2n) is 8.05. The molecule has 7 nitrogen and oxygen atoms in total. The van der Waals surface area contributed by atoms with Gasteiger partial charge in [-0.05, 0) is 47.0 Å². The van der Waals surface area contributed by atoms with E-state index in [1.54, 1.807) is 17.7 Å². The minimum Gasteiger partial charge on any atom is -0.342 e. The molecule has 34 heavy (non-hydrogen) atoms. The van der Waals surface area contributed by atoms with E-state index in [0.29, 0.717) is 22.6 Å². The van der Waals surface area contributed by atoms with Gasteiger partial charge in [-0.3, -0.25) is 9.59 Å². The Morgan fingerprint density at radius 2 is 1.91 bits per heavy atom. The van der Waals surface area contributed by atoms with E-state index in [-0.39, 0.29) is 27.7 Å². The van der Waals surface area contributed by atoms with Crippen molar-refractivity contribution >= 4 is 45.2 Å². The number of anilines is 1. The molecule has 3 aromatic rings. The average molecular weight is 552 g/mol. The predicted molar refractivity (Wildman–Crippen MR) is 131 cm³/mol. The molecule has 0 aliphatic rings. The van der Waals surface area contributed by atoms with Crippen molar-refractivity contribution in [2.45, 2.75) is 32.0 Å². The number of rotatable bonds is 8. The Labute approximate surface area is 208 Å². The van der Waals surface area contributed by atoms with Crippen LogP contribution in [0.3, 0.4) is 0 Å². The molecule has 0 fully saturated rings. The number of benzene rings is 2. The van der Waals surface area contributed by atoms with Gasteiger partial charge in [0.15, 0.2) is 16.8 Å². The Morgan fingerprint density at radius 3 is 2.56 bits per heavy atom. The summed E-state index contributed by atoms with van der Waals surface area (Å²) in [5, 5.41) is 14.3. The molecule has 2 aromatic carbocycles. The van der Waals surface area contributed by atoms with E-state index >= 15 is 0 Å². The number of hydrogen-bond acceptors (Lipinski definition) is 5. The van der Waals surface area contributed by atoms with Crippen LogP contribution in [0.2, 0.25) is 0 Å². The summed E-state index contributed by atoms with van der Waals surface area (Å²) in [6, 6.07) is 8.66. The number of halogens is 3. The van der Waals surface area contributed by atoms with Crippen LogP contribution in [0, 0.1) is 24.5 Å². The van der Waals surface area contributed by atoms with E-state index in [0.717, 1.165) is 23.4 Å². The van der Waals surface area contributed by atoms with Crippen molar-refractivity contribution in [1.29, 1.82) is 0 Å². The third-order valence-electron chi connectivity index (χ3n) is 4.98. The standard InChI is InChI=1S/C23H24BrF2N5O2S/c1-12(2)19(28-22(33)14-7-5-6-13(3)8-14)21-29-30-23(31(21)4)34-11-18(32)27-20-16(24)9-15(25)10-17(20)26/h5-10,12,19H,11H2,1-4H3,(H,27,32)(H,28,33)/t19-/m0/s1. The zero-order valence-electron chi connectivity index (χ0n) is 19.0. The van der Waals surface area contributed by atoms with Gasteiger partial charge < -0.3 is 15.2 Å². The minimum atomic E-state index is -0.879. The number of carbonyl (C=O) groups is 2. The average Bonchev–Trinajstić information content (AvgIpc) is 3.12. The lowest BCUT2D eigenvalue weighted by atomic mass is 10.0. The highest BCUT2D eigenvalue weighted by molar-refractivity contribution is 9.10. The van der Waals surface area contributed by atoms with Crippen LogP contribution in [0.15, 0.2) is 46.0 Å². The summed E-state index contributed by atoms with van der Waals surface area (Å²) < 4.78 is 29.0. The number of aryl methyl sites for hydroxylation is 1. The quantitative estimate of drug-likeness (QED) is 0.383. The highest BCUT2D eigenvalue weighted by atomic mass is 79.9. The molecule has 0 unspecified atom stereocenters. The Kier molecular flexibility index (Phi) is 8.42. The Hall–Kier alpha value is -2.79. The Bertz CT molecular complexity index is 1190. The van der Waals surface area contributed by atoms with Crippen molar-refractivity contribution in [2.24, 2.45) is 13.0 Å². The molecule has 1 aromatic heterocycles. The lowest BCUT2D eigenvalue weighted by Crippen LogP contribution is -2.33. The van der Waals surface area contributed by atoms with Gasteiger partial charge in [0.05, 0.1) is 17.5 Å². The summed E-state index contributed by atoms with van der Waals surface area (Å²) in [6.07, 6.45) is 0. The van der Waals surface area contributed by atoms with Gasteiger partial charge in [-0.25, -0.2) is 8.78 Å². The maximum absolute atomic E-state index is 14.0. The number of aromatic nitrogens is 3. The predicted octanol–water partition coefficient (Wildman–Crippen LogP) is 5.02. The zero-order valence-corrected chi connectivity index (χ0v) is 21.4. The van der Waals surface area contributed by atoms with Crippen molar-refractivity contribution in [2.75, 3.05) is 11.1 Å². The summed E-state index contributed by atoms with van der Waals surface area (Å²) >= 11 is 4.15. The Balaban J connectivity index is 1.69. The summed E-state index contributed by atoms with van der Waals surface area (Å²) in [4.78, 5) is 25.1. The molecule has 180 valence electrons. The minimum absolute atomic E-state index is 0.0246. The van der Waals surface area contributed by atoms with Crippen LogP contribution in [0.4, 0.5) is 14.5 Å². The van der Waals surface area contributed by atoms with Gasteiger partial charge >= 0.3 is 0 Å². The first-order valence-electron chi connectivity index (χ1n) is 10.4. The van der Waals surface area contributed by atoms with Gasteiger partial charge in [0.25, 0.3) is 5.91 Å². The SMILES string of the molecule is Cc1cccc(C(=O)N[C@H](c2nnc(SCC(=O)Nc3c(F)cc(F)cc3Br)n2C)C(C)C)c1. The highest BCUT2D eigenvalue weighted by Gasteiger charge is 2.25. The lowest BCUT2D eigenvalue weighted by Gasteiger charge is -2.21. The first kappa shape index (κ1) is 25.8. The van der Waals surface area contributed by atoms with Gasteiger partial charge in [0.2, 0.25) is 5.91 Å². The Morgan fingerprint density at radius 1 is 1.18 bits per heavy atom. The topological polar surface area (TPSA) is 88.9 Å². The molecule has 3 rings (SSSR count). The molecule has 0 aliphatic carbocycles. The van der Waals surface area contributed by atoms with Crippen LogP contribution in [0.1, 0.15) is 41.6 Å². The summed E-state index contributed by atoms with van der Waals surface area (Å²) in [5.41, 5.74) is 1.40. The van der Waals surface area contributed by atoms with Gasteiger partial charge in [0, 0.05) is 23.2 Å². The third-order valence-corrected chi connectivity index (χ3v) is 6.63. The van der Waals surface area contributed by atoms with Crippen molar-refractivity contribution in [3.05, 3.63) is 69.5 Å². The summed E-state index contributed by atoms with van der Waals surface area (Å²) in [7, 11) is 1.75. The van der Waals surface area contributed by atoms with Crippen molar-refractivity contribution in [3.8, 4) is 0 Å². The molecular formula is C23H24BrF2N5O2S. The molecule has 1 heterocycles. The van der Waals surface area contributed by atoms with E-state index in [4.69, 9.17) is 0 Å². The molecule has 1 atom stereocenters. The molecule has 2 N–H and O–H groups in total. The number of thioether (sulfide) groups is 1. The first-order valence-corrected chi connectivity index (χ1v) is 12.2. The van der Waals surface area contributed by atoms with Crippen LogP contribution >= 0.6 is 27.7 Å². The molecule has 2 amide bonds. The van der Waals surface area contributed by atoms with Crippen molar-refractivity contribution in [3.63, 3.8) is 0 Å². The molecule has 11 heteroatoms. The third kappa shape index (κ3) is 6.20. The largest absolute Gasteiger partial charge is 0.342 e. The highest BCUT2D eigenvalue weighted by Crippen LogP contribution is 2.28. The number of nitrogens with one attached hydrogen (secondary N) is 2. The summed E-state index contributed by atoms with van der Waals surface area (Å²) in [5.74, 6) is -1.84. The first-order chi connectivity index (χ1) is 16.1. The molecule has 0 aliphatic heterocycles. The van der Waals surface area contributed by atoms with Crippen LogP contribution in [0.5, 0.6) is 0 Å². The van der Waals surface area contributed by atoms with E-state index < -0.39 is 23.6 Å². The van der Waals surface area contributed by atoms with Crippen molar-refractivity contribution < 1.29 is 18.4 Å². The van der Waals surface area contributed by atoms with E-state index in [2.05, 4.69) is 36.8 Å². The zero-order chi connectivity index (χ0) is 25.0. The summed E-state index contributed by atoms with van der Waals surface area (Å²) in [6.45, 7) is 5.85. The second kappa shape index (κ2) is 11.1. The number of hydrogen-bond donors (Lipinski definition) is 2. The number of carbonyl (C=O) groups excluding carboxylic acids is 2. The van der Waals surface area contributed by atoms with E-state index in [1.807, 2.05) is 39.0 Å². The van der Waals surface area contributed by atoms with Gasteiger partial charge in [-0.15, -0.1) is 10.2 Å². The van der Waals surface area contributed by atoms with Crippen LogP contribution < -0.4 is 10.6 Å². The normalized spacial score (nSPS) is 12.0. The van der Waals surface area contributed by atoms with Crippen LogP contribution in [0.25, 0.3) is 0 Å². The van der Waals surface area contributed by atoms with Gasteiger partial charge in [-0.2, -0.15) is 0 Å². The maximum atomic E-state index is 14.0. The van der Waals surface area contributed by atoms with Crippen LogP contribution in [-0.2, 0) is 11.8 Å². The molecule has 0 bridgehead atoms. The molecule has 0 spiro atoms. The maximum Gasteiger partial charge on any atom is 0.251 e. The molecular weight excluding hydrogens is 528 g/mol. The smallest absolute Gasteiger partial charge is 0.251 e. The van der Waals surface area contributed by atoms with Gasteiger partial charge in [-0.1, -0.05) is 43.3 Å². The van der Waals surface area contributed by atoms with E-state index in [9.17, 15) is 18.4 Å². The molecule has 0 saturated carbocycles. The fourth-order valence-corrected chi connectivity index (χ4v) is 4.46. The monoisotopic (exact) mass is 551 g/mol. The lowest BCUT2D eigenvalue weighted by molar-refractivity contribution is -0.113. The van der Waals surface area contributed by atoms with Crippen LogP contribution in [-0.4, -0.2) is 32.3 Å².